The molecule has 3 heteroatoms. The van der Waals surface area contributed by atoms with Crippen molar-refractivity contribution in [3.63, 3.8) is 0 Å². The topological polar surface area (TPSA) is 0 Å². The van der Waals surface area contributed by atoms with E-state index < -0.39 is 8.07 Å². The van der Waals surface area contributed by atoms with Crippen LogP contribution < -0.4 is 0 Å². The van der Waals surface area contributed by atoms with Gasteiger partial charge in [-0.25, -0.2) is 0 Å². The number of halogens is 1. The minimum Gasteiger partial charge on any atom is -0.343 e. The average Bonchev–Trinajstić information content (AvgIpc) is 2.47. The molecule has 0 N–H and O–H groups in total. The predicted molar refractivity (Wildman–Crippen MR) is 69.9 cm³/mol. The maximum atomic E-state index is 4.09. The van der Waals surface area contributed by atoms with Gasteiger partial charge in [0.2, 0.25) is 0 Å². The SMILES string of the molecule is I.[CH2-]CC1CCC[Si]1(CC)CC.[Zn]. The van der Waals surface area contributed by atoms with E-state index in [0.717, 1.165) is 5.54 Å². The van der Waals surface area contributed by atoms with Crippen molar-refractivity contribution in [2.75, 3.05) is 0 Å². The number of hydrogen-bond acceptors (Lipinski definition) is 0. The maximum absolute atomic E-state index is 4.09. The van der Waals surface area contributed by atoms with Gasteiger partial charge < -0.3 is 6.92 Å². The largest absolute Gasteiger partial charge is 0.343 e. The van der Waals surface area contributed by atoms with E-state index in [1.165, 1.54) is 31.4 Å². The van der Waals surface area contributed by atoms with E-state index in [9.17, 15) is 0 Å². The number of rotatable bonds is 3. The second-order valence-electron chi connectivity index (χ2n) is 3.95. The molecule has 1 unspecified atom stereocenters. The van der Waals surface area contributed by atoms with E-state index in [-0.39, 0.29) is 43.5 Å². The van der Waals surface area contributed by atoms with Gasteiger partial charge in [-0.2, -0.15) is 6.42 Å². The Kier molecular flexibility index (Phi) is 10.2. The zero-order valence-corrected chi connectivity index (χ0v) is 15.4. The van der Waals surface area contributed by atoms with Crippen LogP contribution in [0, 0.1) is 6.92 Å². The second kappa shape index (κ2) is 7.81. The average molecular weight is 363 g/mol. The van der Waals surface area contributed by atoms with Crippen molar-refractivity contribution in [1.29, 1.82) is 0 Å². The van der Waals surface area contributed by atoms with Gasteiger partial charge in [0.25, 0.3) is 0 Å². The molecule has 0 aromatic heterocycles. The van der Waals surface area contributed by atoms with Gasteiger partial charge in [0.05, 0.1) is 8.07 Å². The predicted octanol–water partition coefficient (Wildman–Crippen LogP) is 4.48. The molecule has 76 valence electrons. The van der Waals surface area contributed by atoms with Crippen molar-refractivity contribution in [3.8, 4) is 0 Å². The molecule has 1 saturated heterocycles. The molecule has 1 aliphatic heterocycles. The van der Waals surface area contributed by atoms with Gasteiger partial charge in [-0.15, -0.1) is 24.0 Å². The Bertz CT molecular complexity index is 126. The Morgan fingerprint density at radius 2 is 1.85 bits per heavy atom. The third-order valence-corrected chi connectivity index (χ3v) is 10.3. The number of hydrogen-bond donors (Lipinski definition) is 0. The van der Waals surface area contributed by atoms with Crippen LogP contribution in [0.3, 0.4) is 0 Å². The summed E-state index contributed by atoms with van der Waals surface area (Å²) in [5, 5.41) is 0. The molecule has 0 bridgehead atoms. The first-order valence-electron chi connectivity index (χ1n) is 5.08. The van der Waals surface area contributed by atoms with Gasteiger partial charge in [-0.1, -0.05) is 50.4 Å². The molecule has 0 aromatic carbocycles. The van der Waals surface area contributed by atoms with E-state index >= 15 is 0 Å². The molecular formula is C10H22ISiZn-. The van der Waals surface area contributed by atoms with Gasteiger partial charge in [0.15, 0.2) is 0 Å². The molecule has 13 heavy (non-hydrogen) atoms. The van der Waals surface area contributed by atoms with Gasteiger partial charge in [-0.05, 0) is 0 Å². The molecule has 0 radical (unpaired) electrons. The molecule has 1 rings (SSSR count). The van der Waals surface area contributed by atoms with Crippen LogP contribution in [-0.2, 0) is 19.5 Å². The molecule has 0 aliphatic carbocycles. The standard InChI is InChI=1S/C10H21Si.HI.Zn/c1-4-10-8-7-9-11(10,5-2)6-3;;/h10H,1,4-9H2,2-3H3;1H;/q-1;;. The Hall–Kier alpha value is 1.57. The summed E-state index contributed by atoms with van der Waals surface area (Å²) in [5.41, 5.74) is 1.07. The summed E-state index contributed by atoms with van der Waals surface area (Å²) in [6.07, 6.45) is 4.22. The van der Waals surface area contributed by atoms with Crippen molar-refractivity contribution in [2.24, 2.45) is 0 Å². The van der Waals surface area contributed by atoms with Crippen LogP contribution in [0.5, 0.6) is 0 Å². The van der Waals surface area contributed by atoms with Crippen LogP contribution in [0.1, 0.15) is 33.1 Å². The normalized spacial score (nSPS) is 24.7. The van der Waals surface area contributed by atoms with Gasteiger partial charge >= 0.3 is 0 Å². The third-order valence-electron chi connectivity index (χ3n) is 3.85. The third kappa shape index (κ3) is 3.57. The van der Waals surface area contributed by atoms with Crippen LogP contribution in [0.4, 0.5) is 0 Å². The molecule has 0 nitrogen and oxygen atoms in total. The molecule has 1 atom stereocenters. The van der Waals surface area contributed by atoms with Crippen LogP contribution in [0.25, 0.3) is 0 Å². The van der Waals surface area contributed by atoms with E-state index in [0.29, 0.717) is 0 Å². The Balaban J connectivity index is 0. The van der Waals surface area contributed by atoms with E-state index in [2.05, 4.69) is 20.8 Å². The van der Waals surface area contributed by atoms with Crippen molar-refractivity contribution in [1.82, 2.24) is 0 Å². The zero-order valence-electron chi connectivity index (χ0n) is 9.14. The van der Waals surface area contributed by atoms with Gasteiger partial charge in [-0.3, -0.25) is 0 Å². The first-order chi connectivity index (χ1) is 5.29. The fourth-order valence-electron chi connectivity index (χ4n) is 2.84. The Labute approximate surface area is 114 Å². The second-order valence-corrected chi connectivity index (χ2v) is 9.40. The van der Waals surface area contributed by atoms with Crippen LogP contribution in [-0.4, -0.2) is 8.07 Å². The monoisotopic (exact) mass is 361 g/mol. The van der Waals surface area contributed by atoms with E-state index in [4.69, 9.17) is 0 Å². The molecule has 0 saturated carbocycles. The minimum atomic E-state index is -0.772. The first-order valence-corrected chi connectivity index (χ1v) is 7.78. The van der Waals surface area contributed by atoms with E-state index in [1.54, 1.807) is 6.04 Å². The summed E-state index contributed by atoms with van der Waals surface area (Å²) in [4.78, 5) is 0. The zero-order chi connectivity index (χ0) is 8.32. The summed E-state index contributed by atoms with van der Waals surface area (Å²) >= 11 is 0. The van der Waals surface area contributed by atoms with Crippen LogP contribution >= 0.6 is 24.0 Å². The van der Waals surface area contributed by atoms with Gasteiger partial charge in [0, 0.05) is 19.5 Å². The summed E-state index contributed by atoms with van der Waals surface area (Å²) in [7, 11) is -0.772. The quantitative estimate of drug-likeness (QED) is 0.394. The van der Waals surface area contributed by atoms with Crippen molar-refractivity contribution >= 4 is 32.1 Å². The molecule has 1 fully saturated rings. The minimum absolute atomic E-state index is 0. The summed E-state index contributed by atoms with van der Waals surface area (Å²) < 4.78 is 0. The molecule has 0 spiro atoms. The molecule has 0 aromatic rings. The van der Waals surface area contributed by atoms with Crippen LogP contribution in [0.2, 0.25) is 23.7 Å². The molecule has 0 amide bonds. The maximum Gasteiger partial charge on any atom is 0.0536 e. The first kappa shape index (κ1) is 17.0. The Morgan fingerprint density at radius 1 is 1.31 bits per heavy atom. The van der Waals surface area contributed by atoms with Crippen molar-refractivity contribution in [2.45, 2.75) is 56.8 Å². The van der Waals surface area contributed by atoms with Gasteiger partial charge in [0.1, 0.15) is 0 Å². The van der Waals surface area contributed by atoms with Crippen LogP contribution in [0.15, 0.2) is 0 Å². The summed E-state index contributed by atoms with van der Waals surface area (Å²) in [6.45, 7) is 8.91. The van der Waals surface area contributed by atoms with Crippen molar-refractivity contribution in [3.05, 3.63) is 6.92 Å². The smallest absolute Gasteiger partial charge is 0.0536 e. The van der Waals surface area contributed by atoms with E-state index in [1.807, 2.05) is 0 Å². The fraction of sp³-hybridized carbons (Fsp3) is 0.900. The Morgan fingerprint density at radius 3 is 2.15 bits per heavy atom. The van der Waals surface area contributed by atoms with Crippen molar-refractivity contribution < 1.29 is 19.5 Å². The molecule has 1 heterocycles. The molecule has 1 aliphatic rings. The fourth-order valence-corrected chi connectivity index (χ4v) is 7.95. The summed E-state index contributed by atoms with van der Waals surface area (Å²) in [6, 6.07) is 4.60. The summed E-state index contributed by atoms with van der Waals surface area (Å²) in [5.74, 6) is 0. The molecular weight excluding hydrogens is 340 g/mol.